The Bertz CT molecular complexity index is 333. The van der Waals surface area contributed by atoms with Crippen molar-refractivity contribution < 1.29 is 9.59 Å². The number of hydrogen-bond acceptors (Lipinski definition) is 4. The fourth-order valence-electron chi connectivity index (χ4n) is 2.37. The monoisotopic (exact) mass is 284 g/mol. The van der Waals surface area contributed by atoms with Gasteiger partial charge in [-0.25, -0.2) is 0 Å². The molecule has 2 amide bonds. The normalized spacial score (nSPS) is 18.5. The molecule has 0 aromatic rings. The van der Waals surface area contributed by atoms with Gasteiger partial charge in [0, 0.05) is 46.2 Å². The lowest BCUT2D eigenvalue weighted by Gasteiger charge is -2.25. The van der Waals surface area contributed by atoms with Crippen LogP contribution in [0.2, 0.25) is 0 Å². The van der Waals surface area contributed by atoms with Crippen molar-refractivity contribution in [2.75, 3.05) is 53.4 Å². The summed E-state index contributed by atoms with van der Waals surface area (Å²) in [6.45, 7) is 6.04. The van der Waals surface area contributed by atoms with E-state index in [9.17, 15) is 9.59 Å². The van der Waals surface area contributed by atoms with E-state index in [1.807, 2.05) is 11.8 Å². The van der Waals surface area contributed by atoms with Crippen molar-refractivity contribution in [3.63, 3.8) is 0 Å². The van der Waals surface area contributed by atoms with Crippen LogP contribution >= 0.6 is 0 Å². The Labute approximate surface area is 121 Å². The van der Waals surface area contributed by atoms with Crippen molar-refractivity contribution in [3.05, 3.63) is 0 Å². The highest BCUT2D eigenvalue weighted by Crippen LogP contribution is 2.10. The van der Waals surface area contributed by atoms with E-state index >= 15 is 0 Å². The molecule has 0 aromatic heterocycles. The molecule has 1 aliphatic rings. The van der Waals surface area contributed by atoms with Gasteiger partial charge in [-0.1, -0.05) is 6.92 Å². The highest BCUT2D eigenvalue weighted by molar-refractivity contribution is 5.79. The molecule has 0 saturated carbocycles. The summed E-state index contributed by atoms with van der Waals surface area (Å²) in [6, 6.07) is 0. The topological polar surface area (TPSA) is 69.9 Å². The molecule has 0 aromatic carbocycles. The first-order valence-electron chi connectivity index (χ1n) is 7.37. The summed E-state index contributed by atoms with van der Waals surface area (Å²) in [5.74, 6) is 0.299. The number of rotatable bonds is 5. The van der Waals surface area contributed by atoms with Crippen LogP contribution in [-0.2, 0) is 9.59 Å². The standard InChI is InChI=1S/C14H28N4O2/c1-12(5-6-15)14(20)18-8-4-7-17(9-10-18)11-13(19)16(2)3/h12H,4-11,15H2,1-3H3. The third-order valence-electron chi connectivity index (χ3n) is 3.78. The van der Waals surface area contributed by atoms with Crippen molar-refractivity contribution in [2.45, 2.75) is 19.8 Å². The number of carbonyl (C=O) groups excluding carboxylic acids is 2. The average molecular weight is 284 g/mol. The molecule has 1 fully saturated rings. The van der Waals surface area contributed by atoms with Gasteiger partial charge in [0.1, 0.15) is 0 Å². The van der Waals surface area contributed by atoms with Gasteiger partial charge in [-0.2, -0.15) is 0 Å². The van der Waals surface area contributed by atoms with Gasteiger partial charge in [-0.15, -0.1) is 0 Å². The smallest absolute Gasteiger partial charge is 0.236 e. The van der Waals surface area contributed by atoms with Gasteiger partial charge in [0.15, 0.2) is 0 Å². The maximum Gasteiger partial charge on any atom is 0.236 e. The predicted molar refractivity (Wildman–Crippen MR) is 79.2 cm³/mol. The van der Waals surface area contributed by atoms with Crippen molar-refractivity contribution in [3.8, 4) is 0 Å². The fraction of sp³-hybridized carbons (Fsp3) is 0.857. The second-order valence-electron chi connectivity index (χ2n) is 5.72. The lowest BCUT2D eigenvalue weighted by Crippen LogP contribution is -2.41. The van der Waals surface area contributed by atoms with E-state index in [0.717, 1.165) is 32.5 Å². The summed E-state index contributed by atoms with van der Waals surface area (Å²) in [4.78, 5) is 29.6. The minimum Gasteiger partial charge on any atom is -0.348 e. The van der Waals surface area contributed by atoms with Crippen molar-refractivity contribution in [1.29, 1.82) is 0 Å². The SMILES string of the molecule is CC(CCN)C(=O)N1CCCN(CC(=O)N(C)C)CC1. The van der Waals surface area contributed by atoms with Gasteiger partial charge in [0.25, 0.3) is 0 Å². The van der Waals surface area contributed by atoms with Crippen molar-refractivity contribution >= 4 is 11.8 Å². The summed E-state index contributed by atoms with van der Waals surface area (Å²) < 4.78 is 0. The van der Waals surface area contributed by atoms with Gasteiger partial charge < -0.3 is 15.5 Å². The molecule has 1 aliphatic heterocycles. The summed E-state index contributed by atoms with van der Waals surface area (Å²) in [5, 5.41) is 0. The molecule has 0 radical (unpaired) electrons. The zero-order chi connectivity index (χ0) is 15.1. The zero-order valence-corrected chi connectivity index (χ0v) is 13.0. The Kier molecular flexibility index (Phi) is 6.95. The van der Waals surface area contributed by atoms with Crippen molar-refractivity contribution in [1.82, 2.24) is 14.7 Å². The summed E-state index contributed by atoms with van der Waals surface area (Å²) in [7, 11) is 3.54. The summed E-state index contributed by atoms with van der Waals surface area (Å²) in [6.07, 6.45) is 1.65. The van der Waals surface area contributed by atoms with E-state index in [1.54, 1.807) is 19.0 Å². The molecule has 2 N–H and O–H groups in total. The summed E-state index contributed by atoms with van der Waals surface area (Å²) in [5.41, 5.74) is 5.51. The second-order valence-corrected chi connectivity index (χ2v) is 5.72. The van der Waals surface area contributed by atoms with Gasteiger partial charge in [0.2, 0.25) is 11.8 Å². The van der Waals surface area contributed by atoms with E-state index in [4.69, 9.17) is 5.73 Å². The van der Waals surface area contributed by atoms with Crippen LogP contribution in [-0.4, -0.2) is 79.9 Å². The first-order chi connectivity index (χ1) is 9.45. The largest absolute Gasteiger partial charge is 0.348 e. The Morgan fingerprint density at radius 3 is 2.50 bits per heavy atom. The third kappa shape index (κ3) is 5.09. The van der Waals surface area contributed by atoms with Crippen LogP contribution in [0.5, 0.6) is 0 Å². The molecule has 6 nitrogen and oxygen atoms in total. The van der Waals surface area contributed by atoms with E-state index in [-0.39, 0.29) is 17.7 Å². The predicted octanol–water partition coefficient (Wildman–Crippen LogP) is -0.406. The number of hydrogen-bond donors (Lipinski definition) is 1. The van der Waals surface area contributed by atoms with Gasteiger partial charge in [-0.3, -0.25) is 14.5 Å². The van der Waals surface area contributed by atoms with Gasteiger partial charge in [-0.05, 0) is 19.4 Å². The first kappa shape index (κ1) is 16.9. The quantitative estimate of drug-likeness (QED) is 0.745. The lowest BCUT2D eigenvalue weighted by molar-refractivity contribution is -0.135. The van der Waals surface area contributed by atoms with Crippen LogP contribution in [0, 0.1) is 5.92 Å². The minimum absolute atomic E-state index is 0.00467. The highest BCUT2D eigenvalue weighted by Gasteiger charge is 2.23. The average Bonchev–Trinajstić information content (AvgIpc) is 2.63. The molecule has 116 valence electrons. The van der Waals surface area contributed by atoms with Crippen molar-refractivity contribution in [2.24, 2.45) is 11.7 Å². The van der Waals surface area contributed by atoms with Gasteiger partial charge in [0.05, 0.1) is 6.54 Å². The Morgan fingerprint density at radius 1 is 1.20 bits per heavy atom. The number of amides is 2. The zero-order valence-electron chi connectivity index (χ0n) is 13.0. The molecule has 1 rings (SSSR count). The summed E-state index contributed by atoms with van der Waals surface area (Å²) >= 11 is 0. The molecular weight excluding hydrogens is 256 g/mol. The molecule has 1 atom stereocenters. The van der Waals surface area contributed by atoms with Crippen LogP contribution in [0.1, 0.15) is 19.8 Å². The molecule has 1 heterocycles. The van der Waals surface area contributed by atoms with Crippen LogP contribution in [0.3, 0.4) is 0 Å². The van der Waals surface area contributed by atoms with Crippen LogP contribution in [0.25, 0.3) is 0 Å². The number of nitrogens with two attached hydrogens (primary N) is 1. The maximum absolute atomic E-state index is 12.3. The molecule has 0 spiro atoms. The Hall–Kier alpha value is -1.14. The number of likely N-dealkylation sites (N-methyl/N-ethyl adjacent to an activating group) is 1. The maximum atomic E-state index is 12.3. The molecule has 20 heavy (non-hydrogen) atoms. The molecule has 1 unspecified atom stereocenters. The van der Waals surface area contributed by atoms with E-state index in [0.29, 0.717) is 19.6 Å². The lowest BCUT2D eigenvalue weighted by atomic mass is 10.1. The Balaban J connectivity index is 2.46. The van der Waals surface area contributed by atoms with Crippen LogP contribution in [0.4, 0.5) is 0 Å². The molecule has 0 bridgehead atoms. The fourth-order valence-corrected chi connectivity index (χ4v) is 2.37. The van der Waals surface area contributed by atoms with Crippen LogP contribution in [0.15, 0.2) is 0 Å². The number of nitrogens with zero attached hydrogens (tertiary/aromatic N) is 3. The molecule has 1 saturated heterocycles. The molecule has 0 aliphatic carbocycles. The number of carbonyl (C=O) groups is 2. The Morgan fingerprint density at radius 2 is 1.90 bits per heavy atom. The van der Waals surface area contributed by atoms with Gasteiger partial charge >= 0.3 is 0 Å². The highest BCUT2D eigenvalue weighted by atomic mass is 16.2. The van der Waals surface area contributed by atoms with E-state index in [1.165, 1.54) is 0 Å². The van der Waals surface area contributed by atoms with E-state index in [2.05, 4.69) is 4.90 Å². The first-order valence-corrected chi connectivity index (χ1v) is 7.37. The molecule has 6 heteroatoms. The third-order valence-corrected chi connectivity index (χ3v) is 3.78. The molecular formula is C14H28N4O2. The van der Waals surface area contributed by atoms with E-state index < -0.39 is 0 Å². The minimum atomic E-state index is -0.00467. The van der Waals surface area contributed by atoms with Crippen LogP contribution < -0.4 is 5.73 Å². The second kappa shape index (κ2) is 8.21.